The Morgan fingerprint density at radius 1 is 1.10 bits per heavy atom. The molecule has 0 fully saturated rings. The van der Waals surface area contributed by atoms with Gasteiger partial charge in [-0.3, -0.25) is 0 Å². The fourth-order valence-corrected chi connectivity index (χ4v) is 1.48. The summed E-state index contributed by atoms with van der Waals surface area (Å²) in [5.41, 5.74) is 0.873. The number of hydrogen-bond acceptors (Lipinski definition) is 4. The third-order valence-electron chi connectivity index (χ3n) is 2.21. The number of halogens is 1. The van der Waals surface area contributed by atoms with Gasteiger partial charge < -0.3 is 9.47 Å². The van der Waals surface area contributed by atoms with Crippen molar-refractivity contribution in [2.45, 2.75) is 20.5 Å². The Balaban J connectivity index is 2.32. The second-order valence-corrected chi connectivity index (χ2v) is 5.51. The van der Waals surface area contributed by atoms with E-state index in [-0.39, 0.29) is 12.5 Å². The molecule has 0 N–H and O–H groups in total. The Labute approximate surface area is 126 Å². The Bertz CT molecular complexity index is 477. The van der Waals surface area contributed by atoms with Crippen molar-refractivity contribution in [1.82, 2.24) is 0 Å². The van der Waals surface area contributed by atoms with Gasteiger partial charge in [-0.1, -0.05) is 41.9 Å². The fourth-order valence-electron chi connectivity index (χ4n) is 1.22. The normalized spacial score (nSPS) is 10.8. The van der Waals surface area contributed by atoms with Crippen LogP contribution >= 0.6 is 15.9 Å². The van der Waals surface area contributed by atoms with Gasteiger partial charge in [0.2, 0.25) is 0 Å². The summed E-state index contributed by atoms with van der Waals surface area (Å²) in [6.07, 6.45) is 2.15. The van der Waals surface area contributed by atoms with Crippen LogP contribution in [-0.2, 0) is 25.7 Å². The molecule has 0 heterocycles. The van der Waals surface area contributed by atoms with Gasteiger partial charge in [-0.25, -0.2) is 9.59 Å². The van der Waals surface area contributed by atoms with Crippen molar-refractivity contribution < 1.29 is 19.1 Å². The van der Waals surface area contributed by atoms with E-state index in [0.717, 1.165) is 22.2 Å². The highest BCUT2D eigenvalue weighted by Crippen LogP contribution is 2.11. The van der Waals surface area contributed by atoms with E-state index in [2.05, 4.69) is 15.9 Å². The first kappa shape index (κ1) is 16.4. The molecule has 20 heavy (non-hydrogen) atoms. The van der Waals surface area contributed by atoms with Gasteiger partial charge >= 0.3 is 11.9 Å². The topological polar surface area (TPSA) is 52.6 Å². The molecule has 0 aromatic heterocycles. The number of benzene rings is 1. The number of carbonyl (C=O) groups excluding carboxylic acids is 2. The SMILES string of the molecule is CC(C)COC(=O)/C=C/C(=O)OCc1ccc(Br)cc1. The van der Waals surface area contributed by atoms with Crippen molar-refractivity contribution >= 4 is 27.9 Å². The molecule has 5 heteroatoms. The minimum atomic E-state index is -0.575. The highest BCUT2D eigenvalue weighted by atomic mass is 79.9. The highest BCUT2D eigenvalue weighted by molar-refractivity contribution is 9.10. The third-order valence-corrected chi connectivity index (χ3v) is 2.74. The molecule has 0 aliphatic rings. The van der Waals surface area contributed by atoms with Crippen LogP contribution in [0, 0.1) is 5.92 Å². The Kier molecular flexibility index (Phi) is 7.01. The van der Waals surface area contributed by atoms with Crippen LogP contribution < -0.4 is 0 Å². The second kappa shape index (κ2) is 8.53. The standard InChI is InChI=1S/C15H17BrO4/c1-11(2)9-19-14(17)7-8-15(18)20-10-12-3-5-13(16)6-4-12/h3-8,11H,9-10H2,1-2H3/b8-7+. The van der Waals surface area contributed by atoms with Crippen molar-refractivity contribution in [3.63, 3.8) is 0 Å². The van der Waals surface area contributed by atoms with Crippen molar-refractivity contribution in [3.8, 4) is 0 Å². The molecule has 1 rings (SSSR count). The van der Waals surface area contributed by atoms with Gasteiger partial charge in [0.1, 0.15) is 6.61 Å². The van der Waals surface area contributed by atoms with Gasteiger partial charge in [0.05, 0.1) is 6.61 Å². The maximum Gasteiger partial charge on any atom is 0.331 e. The van der Waals surface area contributed by atoms with E-state index < -0.39 is 11.9 Å². The lowest BCUT2D eigenvalue weighted by atomic mass is 10.2. The molecule has 0 aliphatic heterocycles. The Morgan fingerprint density at radius 2 is 1.65 bits per heavy atom. The predicted octanol–water partition coefficient (Wildman–Crippen LogP) is 3.25. The molecule has 0 saturated carbocycles. The molecule has 4 nitrogen and oxygen atoms in total. The Morgan fingerprint density at radius 3 is 2.20 bits per heavy atom. The minimum Gasteiger partial charge on any atom is -0.462 e. The van der Waals surface area contributed by atoms with Crippen molar-refractivity contribution in [3.05, 3.63) is 46.5 Å². The maximum atomic E-state index is 11.4. The number of carbonyl (C=O) groups is 2. The molecule has 0 atom stereocenters. The lowest BCUT2D eigenvalue weighted by molar-refractivity contribution is -0.141. The van der Waals surface area contributed by atoms with E-state index in [1.165, 1.54) is 0 Å². The third kappa shape index (κ3) is 7.09. The summed E-state index contributed by atoms with van der Waals surface area (Å²) < 4.78 is 10.8. The zero-order valence-corrected chi connectivity index (χ0v) is 13.1. The summed E-state index contributed by atoms with van der Waals surface area (Å²) in [7, 11) is 0. The molecular weight excluding hydrogens is 324 g/mol. The van der Waals surface area contributed by atoms with Gasteiger partial charge in [0.15, 0.2) is 0 Å². The average molecular weight is 341 g/mol. The molecule has 0 aliphatic carbocycles. The summed E-state index contributed by atoms with van der Waals surface area (Å²) in [6, 6.07) is 7.42. The molecule has 108 valence electrons. The molecule has 0 bridgehead atoms. The lowest BCUT2D eigenvalue weighted by Crippen LogP contribution is -2.08. The number of esters is 2. The Hall–Kier alpha value is -1.62. The van der Waals surface area contributed by atoms with Gasteiger partial charge in [0, 0.05) is 16.6 Å². The molecule has 1 aromatic rings. The highest BCUT2D eigenvalue weighted by Gasteiger charge is 2.03. The van der Waals surface area contributed by atoms with Crippen LogP contribution in [0.2, 0.25) is 0 Å². The number of hydrogen-bond donors (Lipinski definition) is 0. The first-order valence-electron chi connectivity index (χ1n) is 6.23. The molecule has 0 saturated heterocycles. The van der Waals surface area contributed by atoms with Gasteiger partial charge in [0.25, 0.3) is 0 Å². The first-order valence-corrected chi connectivity index (χ1v) is 7.02. The van der Waals surface area contributed by atoms with E-state index in [4.69, 9.17) is 9.47 Å². The van der Waals surface area contributed by atoms with Crippen LogP contribution in [0.3, 0.4) is 0 Å². The summed E-state index contributed by atoms with van der Waals surface area (Å²) >= 11 is 3.32. The molecule has 0 spiro atoms. The van der Waals surface area contributed by atoms with Gasteiger partial charge in [-0.15, -0.1) is 0 Å². The summed E-state index contributed by atoms with van der Waals surface area (Å²) in [5, 5.41) is 0. The van der Waals surface area contributed by atoms with E-state index in [1.807, 2.05) is 38.1 Å². The average Bonchev–Trinajstić information content (AvgIpc) is 2.42. The first-order chi connectivity index (χ1) is 9.47. The predicted molar refractivity (Wildman–Crippen MR) is 78.9 cm³/mol. The summed E-state index contributed by atoms with van der Waals surface area (Å²) in [5.74, 6) is -0.856. The van der Waals surface area contributed by atoms with Crippen molar-refractivity contribution in [2.24, 2.45) is 5.92 Å². The van der Waals surface area contributed by atoms with E-state index in [9.17, 15) is 9.59 Å². The smallest absolute Gasteiger partial charge is 0.331 e. The van der Waals surface area contributed by atoms with Crippen LogP contribution in [0.15, 0.2) is 40.9 Å². The molecule has 1 aromatic carbocycles. The summed E-state index contributed by atoms with van der Waals surface area (Å²) in [4.78, 5) is 22.6. The lowest BCUT2D eigenvalue weighted by Gasteiger charge is -2.04. The second-order valence-electron chi connectivity index (χ2n) is 4.59. The molecular formula is C15H17BrO4. The van der Waals surface area contributed by atoms with Crippen molar-refractivity contribution in [1.29, 1.82) is 0 Å². The largest absolute Gasteiger partial charge is 0.462 e. The number of rotatable bonds is 6. The van der Waals surface area contributed by atoms with Gasteiger partial charge in [-0.2, -0.15) is 0 Å². The van der Waals surface area contributed by atoms with Gasteiger partial charge in [-0.05, 0) is 23.6 Å². The maximum absolute atomic E-state index is 11.4. The van der Waals surface area contributed by atoms with E-state index in [0.29, 0.717) is 6.61 Å². The van der Waals surface area contributed by atoms with Crippen LogP contribution in [0.5, 0.6) is 0 Å². The van der Waals surface area contributed by atoms with Crippen LogP contribution in [-0.4, -0.2) is 18.5 Å². The number of ether oxygens (including phenoxy) is 2. The van der Waals surface area contributed by atoms with E-state index in [1.54, 1.807) is 0 Å². The summed E-state index contributed by atoms with van der Waals surface area (Å²) in [6.45, 7) is 4.36. The fraction of sp³-hybridized carbons (Fsp3) is 0.333. The van der Waals surface area contributed by atoms with Crippen LogP contribution in [0.4, 0.5) is 0 Å². The molecule has 0 amide bonds. The monoisotopic (exact) mass is 340 g/mol. The zero-order chi connectivity index (χ0) is 15.0. The van der Waals surface area contributed by atoms with Crippen LogP contribution in [0.25, 0.3) is 0 Å². The molecule has 0 unspecified atom stereocenters. The zero-order valence-electron chi connectivity index (χ0n) is 11.5. The molecule has 0 radical (unpaired) electrons. The van der Waals surface area contributed by atoms with Crippen molar-refractivity contribution in [2.75, 3.05) is 6.61 Å². The van der Waals surface area contributed by atoms with Crippen LogP contribution in [0.1, 0.15) is 19.4 Å². The van der Waals surface area contributed by atoms with E-state index >= 15 is 0 Å². The minimum absolute atomic E-state index is 0.164. The quantitative estimate of drug-likeness (QED) is 0.589.